The molecule has 0 aliphatic carbocycles. The van der Waals surface area contributed by atoms with Crippen molar-refractivity contribution in [1.82, 2.24) is 5.32 Å². The molecule has 3 aromatic carbocycles. The van der Waals surface area contributed by atoms with Gasteiger partial charge in [0.1, 0.15) is 6.54 Å². The lowest BCUT2D eigenvalue weighted by Gasteiger charge is -2.27. The molecule has 0 aromatic heterocycles. The Labute approximate surface area is 197 Å². The fourth-order valence-electron chi connectivity index (χ4n) is 3.78. The maximum atomic E-state index is 13.6. The summed E-state index contributed by atoms with van der Waals surface area (Å²) in [5.74, 6) is -0.347. The lowest BCUT2D eigenvalue weighted by Crippen LogP contribution is -2.42. The van der Waals surface area contributed by atoms with Crippen LogP contribution in [0.5, 0.6) is 0 Å². The molecular formula is C27H32N2O3S. The van der Waals surface area contributed by atoms with Crippen LogP contribution in [0.4, 0.5) is 5.69 Å². The molecule has 0 bridgehead atoms. The molecule has 3 aromatic rings. The lowest BCUT2D eigenvalue weighted by atomic mass is 9.99. The predicted molar refractivity (Wildman–Crippen MR) is 134 cm³/mol. The molecule has 0 fully saturated rings. The van der Waals surface area contributed by atoms with E-state index in [-0.39, 0.29) is 23.4 Å². The highest BCUT2D eigenvalue weighted by molar-refractivity contribution is 7.92. The van der Waals surface area contributed by atoms with Gasteiger partial charge in [-0.05, 0) is 80.1 Å². The first-order chi connectivity index (χ1) is 15.6. The maximum absolute atomic E-state index is 13.6. The zero-order valence-electron chi connectivity index (χ0n) is 19.9. The molecule has 6 heteroatoms. The third-order valence-corrected chi connectivity index (χ3v) is 7.70. The van der Waals surface area contributed by atoms with Crippen molar-refractivity contribution >= 4 is 21.6 Å². The van der Waals surface area contributed by atoms with Crippen molar-refractivity contribution in [3.8, 4) is 0 Å². The summed E-state index contributed by atoms with van der Waals surface area (Å²) < 4.78 is 28.4. The number of carbonyl (C=O) groups is 1. The molecule has 0 heterocycles. The van der Waals surface area contributed by atoms with Crippen LogP contribution in [-0.2, 0) is 14.8 Å². The lowest BCUT2D eigenvalue weighted by molar-refractivity contribution is -0.120. The van der Waals surface area contributed by atoms with E-state index in [4.69, 9.17) is 0 Å². The molecule has 0 saturated carbocycles. The zero-order valence-corrected chi connectivity index (χ0v) is 20.7. The summed E-state index contributed by atoms with van der Waals surface area (Å²) in [7, 11) is -3.94. The standard InChI is InChI=1S/C27H32N2O3S/c1-6-25(23-15-14-20(3)22(5)17-23)28-27(30)18-29(26-16-19(2)12-13-21(26)4)33(31,32)24-10-8-7-9-11-24/h7-17,25H,6,18H2,1-5H3,(H,28,30). The Morgan fingerprint density at radius 2 is 1.55 bits per heavy atom. The molecule has 3 rings (SSSR count). The molecule has 0 aliphatic rings. The molecule has 1 unspecified atom stereocenters. The van der Waals surface area contributed by atoms with Crippen molar-refractivity contribution < 1.29 is 13.2 Å². The van der Waals surface area contributed by atoms with E-state index in [1.165, 1.54) is 9.87 Å². The summed E-state index contributed by atoms with van der Waals surface area (Å²) >= 11 is 0. The van der Waals surface area contributed by atoms with Crippen molar-refractivity contribution in [3.05, 3.63) is 94.5 Å². The van der Waals surface area contributed by atoms with Crippen LogP contribution in [-0.4, -0.2) is 20.9 Å². The Morgan fingerprint density at radius 3 is 2.18 bits per heavy atom. The molecule has 5 nitrogen and oxygen atoms in total. The third kappa shape index (κ3) is 5.63. The van der Waals surface area contributed by atoms with E-state index in [2.05, 4.69) is 18.3 Å². The van der Waals surface area contributed by atoms with Gasteiger partial charge >= 0.3 is 0 Å². The average Bonchev–Trinajstić information content (AvgIpc) is 2.80. The monoisotopic (exact) mass is 464 g/mol. The Morgan fingerprint density at radius 1 is 0.879 bits per heavy atom. The minimum atomic E-state index is -3.94. The van der Waals surface area contributed by atoms with Crippen molar-refractivity contribution in [2.45, 2.75) is 52.0 Å². The summed E-state index contributed by atoms with van der Waals surface area (Å²) in [6, 6.07) is 19.8. The second-order valence-electron chi connectivity index (χ2n) is 8.49. The van der Waals surface area contributed by atoms with Crippen LogP contribution >= 0.6 is 0 Å². The van der Waals surface area contributed by atoms with Crippen LogP contribution in [0.1, 0.15) is 47.2 Å². The molecule has 174 valence electrons. The Bertz CT molecular complexity index is 1240. The highest BCUT2D eigenvalue weighted by Gasteiger charge is 2.29. The number of sulfonamides is 1. The summed E-state index contributed by atoms with van der Waals surface area (Å²) in [5, 5.41) is 3.04. The van der Waals surface area contributed by atoms with Crippen molar-refractivity contribution in [3.63, 3.8) is 0 Å². The van der Waals surface area contributed by atoms with Gasteiger partial charge in [0.2, 0.25) is 5.91 Å². The minimum absolute atomic E-state index is 0.153. The fourth-order valence-corrected chi connectivity index (χ4v) is 5.28. The van der Waals surface area contributed by atoms with Gasteiger partial charge in [-0.1, -0.05) is 55.5 Å². The van der Waals surface area contributed by atoms with Gasteiger partial charge in [0.05, 0.1) is 16.6 Å². The van der Waals surface area contributed by atoms with Gasteiger partial charge in [0.15, 0.2) is 0 Å². The number of carbonyl (C=O) groups excluding carboxylic acids is 1. The van der Waals surface area contributed by atoms with Crippen LogP contribution in [0, 0.1) is 27.7 Å². The van der Waals surface area contributed by atoms with E-state index in [0.29, 0.717) is 12.1 Å². The molecule has 1 N–H and O–H groups in total. The van der Waals surface area contributed by atoms with Crippen molar-refractivity contribution in [1.29, 1.82) is 0 Å². The van der Waals surface area contributed by atoms with E-state index in [1.54, 1.807) is 30.3 Å². The van der Waals surface area contributed by atoms with Crippen molar-refractivity contribution in [2.75, 3.05) is 10.8 Å². The summed E-state index contributed by atoms with van der Waals surface area (Å²) in [6.07, 6.45) is 0.698. The first-order valence-electron chi connectivity index (χ1n) is 11.1. The SMILES string of the molecule is CCC(NC(=O)CN(c1cc(C)ccc1C)S(=O)(=O)c1ccccc1)c1ccc(C)c(C)c1. The van der Waals surface area contributed by atoms with E-state index < -0.39 is 10.0 Å². The van der Waals surface area contributed by atoms with Gasteiger partial charge < -0.3 is 5.32 Å². The second kappa shape index (κ2) is 10.2. The quantitative estimate of drug-likeness (QED) is 0.486. The minimum Gasteiger partial charge on any atom is -0.348 e. The average molecular weight is 465 g/mol. The van der Waals surface area contributed by atoms with E-state index in [9.17, 15) is 13.2 Å². The van der Waals surface area contributed by atoms with Crippen LogP contribution in [0.15, 0.2) is 71.6 Å². The Balaban J connectivity index is 1.95. The fraction of sp³-hybridized carbons (Fsp3) is 0.296. The van der Waals surface area contributed by atoms with Gasteiger partial charge in [-0.2, -0.15) is 0 Å². The smallest absolute Gasteiger partial charge is 0.264 e. The van der Waals surface area contributed by atoms with E-state index >= 15 is 0 Å². The number of aryl methyl sites for hydroxylation is 4. The molecule has 1 atom stereocenters. The Kier molecular flexibility index (Phi) is 7.59. The van der Waals surface area contributed by atoms with Crippen LogP contribution in [0.25, 0.3) is 0 Å². The summed E-state index contributed by atoms with van der Waals surface area (Å²) in [4.78, 5) is 13.3. The number of nitrogens with zero attached hydrogens (tertiary/aromatic N) is 1. The molecular weight excluding hydrogens is 432 g/mol. The normalized spacial score (nSPS) is 12.3. The number of benzene rings is 3. The maximum Gasteiger partial charge on any atom is 0.264 e. The van der Waals surface area contributed by atoms with E-state index in [0.717, 1.165) is 22.3 Å². The van der Waals surface area contributed by atoms with Crippen LogP contribution in [0.2, 0.25) is 0 Å². The number of amides is 1. The summed E-state index contributed by atoms with van der Waals surface area (Å²) in [6.45, 7) is 9.55. The Hall–Kier alpha value is -3.12. The topological polar surface area (TPSA) is 66.5 Å². The van der Waals surface area contributed by atoms with Gasteiger partial charge in [0, 0.05) is 0 Å². The number of hydrogen-bond acceptors (Lipinski definition) is 3. The van der Waals surface area contributed by atoms with Gasteiger partial charge in [-0.25, -0.2) is 8.42 Å². The van der Waals surface area contributed by atoms with Gasteiger partial charge in [0.25, 0.3) is 10.0 Å². The van der Waals surface area contributed by atoms with Crippen LogP contribution < -0.4 is 9.62 Å². The highest BCUT2D eigenvalue weighted by atomic mass is 32.2. The highest BCUT2D eigenvalue weighted by Crippen LogP contribution is 2.28. The first kappa shape index (κ1) is 24.5. The summed E-state index contributed by atoms with van der Waals surface area (Å²) in [5.41, 5.74) is 5.57. The molecule has 33 heavy (non-hydrogen) atoms. The van der Waals surface area contributed by atoms with Crippen molar-refractivity contribution in [2.24, 2.45) is 0 Å². The van der Waals surface area contributed by atoms with E-state index in [1.807, 2.05) is 58.0 Å². The predicted octanol–water partition coefficient (Wildman–Crippen LogP) is 5.38. The molecule has 0 saturated heterocycles. The second-order valence-corrected chi connectivity index (χ2v) is 10.3. The molecule has 0 aliphatic heterocycles. The van der Waals surface area contributed by atoms with Gasteiger partial charge in [-0.3, -0.25) is 9.10 Å². The number of rotatable bonds is 8. The number of hydrogen-bond donors (Lipinski definition) is 1. The van der Waals surface area contributed by atoms with Crippen LogP contribution in [0.3, 0.4) is 0 Å². The third-order valence-electron chi connectivity index (χ3n) is 5.93. The molecule has 0 radical (unpaired) electrons. The largest absolute Gasteiger partial charge is 0.348 e. The molecule has 1 amide bonds. The zero-order chi connectivity index (χ0) is 24.2. The number of anilines is 1. The number of nitrogens with one attached hydrogen (secondary N) is 1. The van der Waals surface area contributed by atoms with Gasteiger partial charge in [-0.15, -0.1) is 0 Å². The molecule has 0 spiro atoms. The first-order valence-corrected chi connectivity index (χ1v) is 12.6.